The van der Waals surface area contributed by atoms with Crippen molar-refractivity contribution in [3.05, 3.63) is 16.6 Å². The van der Waals surface area contributed by atoms with Crippen molar-refractivity contribution in [1.29, 1.82) is 0 Å². The predicted molar refractivity (Wildman–Crippen MR) is 68.3 cm³/mol. The Morgan fingerprint density at radius 3 is 2.88 bits per heavy atom. The van der Waals surface area contributed by atoms with Crippen LogP contribution in [-0.2, 0) is 16.6 Å². The van der Waals surface area contributed by atoms with Gasteiger partial charge in [-0.1, -0.05) is 0 Å². The van der Waals surface area contributed by atoms with E-state index < -0.39 is 10.0 Å². The molecule has 1 aromatic heterocycles. The number of rotatable bonds is 5. The molecule has 0 aromatic carbocycles. The first kappa shape index (κ1) is 12.9. The molecule has 2 rings (SSSR count). The van der Waals surface area contributed by atoms with Crippen LogP contribution in [-0.4, -0.2) is 32.2 Å². The molecule has 1 aromatic rings. The standard InChI is InChI=1S/C10H17N3O2S2/c14-17(15,7-9-1-3-11-4-2-9)13-6-10-5-12-8-16-10/h5,8-9,11,13H,1-4,6-7H2. The van der Waals surface area contributed by atoms with E-state index in [4.69, 9.17) is 0 Å². The molecule has 0 spiro atoms. The van der Waals surface area contributed by atoms with Crippen molar-refractivity contribution < 1.29 is 8.42 Å². The highest BCUT2D eigenvalue weighted by atomic mass is 32.2. The summed E-state index contributed by atoms with van der Waals surface area (Å²) in [7, 11) is -3.16. The van der Waals surface area contributed by atoms with Gasteiger partial charge in [-0.05, 0) is 31.8 Å². The molecule has 0 radical (unpaired) electrons. The lowest BCUT2D eigenvalue weighted by molar-refractivity contribution is 0.400. The van der Waals surface area contributed by atoms with E-state index >= 15 is 0 Å². The van der Waals surface area contributed by atoms with E-state index in [2.05, 4.69) is 15.0 Å². The predicted octanol–water partition coefficient (Wildman–Crippen LogP) is 0.562. The molecule has 0 aliphatic carbocycles. The van der Waals surface area contributed by atoms with Gasteiger partial charge in [0.05, 0.1) is 11.3 Å². The minimum atomic E-state index is -3.16. The summed E-state index contributed by atoms with van der Waals surface area (Å²) < 4.78 is 26.3. The molecule has 5 nitrogen and oxygen atoms in total. The Morgan fingerprint density at radius 1 is 1.47 bits per heavy atom. The van der Waals surface area contributed by atoms with E-state index in [9.17, 15) is 8.42 Å². The van der Waals surface area contributed by atoms with E-state index in [-0.39, 0.29) is 11.7 Å². The van der Waals surface area contributed by atoms with E-state index in [0.717, 1.165) is 30.8 Å². The highest BCUT2D eigenvalue weighted by Crippen LogP contribution is 2.14. The number of aromatic nitrogens is 1. The fraction of sp³-hybridized carbons (Fsp3) is 0.700. The second kappa shape index (κ2) is 5.90. The maximum absolute atomic E-state index is 11.8. The van der Waals surface area contributed by atoms with Gasteiger partial charge in [0.1, 0.15) is 0 Å². The highest BCUT2D eigenvalue weighted by molar-refractivity contribution is 7.89. The third-order valence-corrected chi connectivity index (χ3v) is 5.14. The van der Waals surface area contributed by atoms with Crippen molar-refractivity contribution in [3.63, 3.8) is 0 Å². The number of hydrogen-bond acceptors (Lipinski definition) is 5. The quantitative estimate of drug-likeness (QED) is 0.824. The SMILES string of the molecule is O=S(=O)(CC1CCNCC1)NCc1cncs1. The van der Waals surface area contributed by atoms with Crippen LogP contribution in [0.15, 0.2) is 11.7 Å². The summed E-state index contributed by atoms with van der Waals surface area (Å²) in [5.74, 6) is 0.531. The van der Waals surface area contributed by atoms with Crippen LogP contribution in [0, 0.1) is 5.92 Å². The summed E-state index contributed by atoms with van der Waals surface area (Å²) in [6.07, 6.45) is 3.58. The maximum atomic E-state index is 11.8. The van der Waals surface area contributed by atoms with E-state index in [1.807, 2.05) is 0 Å². The van der Waals surface area contributed by atoms with Gasteiger partial charge in [-0.25, -0.2) is 13.1 Å². The largest absolute Gasteiger partial charge is 0.317 e. The van der Waals surface area contributed by atoms with Crippen LogP contribution >= 0.6 is 11.3 Å². The van der Waals surface area contributed by atoms with Crippen molar-refractivity contribution >= 4 is 21.4 Å². The van der Waals surface area contributed by atoms with Crippen molar-refractivity contribution in [1.82, 2.24) is 15.0 Å². The number of hydrogen-bond donors (Lipinski definition) is 2. The lowest BCUT2D eigenvalue weighted by atomic mass is 10.0. The summed E-state index contributed by atoms with van der Waals surface area (Å²) >= 11 is 1.46. The van der Waals surface area contributed by atoms with Gasteiger partial charge in [-0.2, -0.15) is 0 Å². The zero-order valence-corrected chi connectivity index (χ0v) is 11.2. The molecule has 96 valence electrons. The van der Waals surface area contributed by atoms with Crippen molar-refractivity contribution in [2.24, 2.45) is 5.92 Å². The molecular formula is C10H17N3O2S2. The second-order valence-electron chi connectivity index (χ2n) is 4.26. The van der Waals surface area contributed by atoms with Crippen LogP contribution in [0.5, 0.6) is 0 Å². The van der Waals surface area contributed by atoms with Gasteiger partial charge in [-0.15, -0.1) is 11.3 Å². The summed E-state index contributed by atoms with van der Waals surface area (Å²) in [5.41, 5.74) is 1.70. The Bertz CT molecular complexity index is 424. The van der Waals surface area contributed by atoms with Crippen LogP contribution in [0.4, 0.5) is 0 Å². The number of piperidine rings is 1. The van der Waals surface area contributed by atoms with E-state index in [1.165, 1.54) is 11.3 Å². The van der Waals surface area contributed by atoms with Crippen molar-refractivity contribution in [3.8, 4) is 0 Å². The highest BCUT2D eigenvalue weighted by Gasteiger charge is 2.20. The zero-order chi connectivity index (χ0) is 12.1. The van der Waals surface area contributed by atoms with Crippen LogP contribution in [0.25, 0.3) is 0 Å². The molecule has 0 bridgehead atoms. The Balaban J connectivity index is 1.81. The summed E-state index contributed by atoms with van der Waals surface area (Å²) in [4.78, 5) is 4.86. The molecule has 1 fully saturated rings. The lowest BCUT2D eigenvalue weighted by Crippen LogP contribution is -2.35. The normalized spacial score (nSPS) is 18.4. The van der Waals surface area contributed by atoms with Gasteiger partial charge in [0, 0.05) is 17.6 Å². The molecule has 0 saturated carbocycles. The fourth-order valence-electron chi connectivity index (χ4n) is 1.93. The van der Waals surface area contributed by atoms with E-state index in [1.54, 1.807) is 11.7 Å². The average Bonchev–Trinajstić information content (AvgIpc) is 2.80. The van der Waals surface area contributed by atoms with Crippen LogP contribution in [0.3, 0.4) is 0 Å². The first-order valence-corrected chi connectivity index (χ1v) is 8.24. The molecule has 0 atom stereocenters. The third-order valence-electron chi connectivity index (χ3n) is 2.86. The van der Waals surface area contributed by atoms with Crippen molar-refractivity contribution in [2.45, 2.75) is 19.4 Å². The summed E-state index contributed by atoms with van der Waals surface area (Å²) in [6, 6.07) is 0. The lowest BCUT2D eigenvalue weighted by Gasteiger charge is -2.22. The van der Waals surface area contributed by atoms with Crippen LogP contribution in [0.2, 0.25) is 0 Å². The fourth-order valence-corrected chi connectivity index (χ4v) is 4.00. The molecule has 1 saturated heterocycles. The number of sulfonamides is 1. The number of nitrogens with zero attached hydrogens (tertiary/aromatic N) is 1. The van der Waals surface area contributed by atoms with Gasteiger partial charge >= 0.3 is 0 Å². The van der Waals surface area contributed by atoms with Crippen molar-refractivity contribution in [2.75, 3.05) is 18.8 Å². The molecular weight excluding hydrogens is 258 g/mol. The van der Waals surface area contributed by atoms with Crippen LogP contribution < -0.4 is 10.0 Å². The first-order chi connectivity index (χ1) is 8.16. The van der Waals surface area contributed by atoms with E-state index in [0.29, 0.717) is 6.54 Å². The smallest absolute Gasteiger partial charge is 0.212 e. The van der Waals surface area contributed by atoms with Gasteiger partial charge in [0.25, 0.3) is 0 Å². The Labute approximate surface area is 106 Å². The minimum absolute atomic E-state index is 0.244. The summed E-state index contributed by atoms with van der Waals surface area (Å²) in [6.45, 7) is 2.21. The van der Waals surface area contributed by atoms with Gasteiger partial charge in [0.2, 0.25) is 10.0 Å². The monoisotopic (exact) mass is 275 g/mol. The molecule has 7 heteroatoms. The molecule has 0 unspecified atom stereocenters. The number of nitrogens with one attached hydrogen (secondary N) is 2. The first-order valence-electron chi connectivity index (χ1n) is 5.71. The van der Waals surface area contributed by atoms with Gasteiger partial charge in [0.15, 0.2) is 0 Å². The van der Waals surface area contributed by atoms with Crippen LogP contribution in [0.1, 0.15) is 17.7 Å². The average molecular weight is 275 g/mol. The zero-order valence-electron chi connectivity index (χ0n) is 9.55. The molecule has 0 amide bonds. The number of thiazole rings is 1. The Morgan fingerprint density at radius 2 is 2.24 bits per heavy atom. The summed E-state index contributed by atoms with van der Waals surface area (Å²) in [5, 5.41) is 3.23. The Kier molecular flexibility index (Phi) is 4.49. The molecule has 2 N–H and O–H groups in total. The topological polar surface area (TPSA) is 71.1 Å². The Hall–Kier alpha value is -0.500. The molecule has 17 heavy (non-hydrogen) atoms. The molecule has 1 aliphatic heterocycles. The minimum Gasteiger partial charge on any atom is -0.317 e. The molecule has 2 heterocycles. The van der Waals surface area contributed by atoms with Gasteiger partial charge < -0.3 is 5.32 Å². The van der Waals surface area contributed by atoms with Gasteiger partial charge in [-0.3, -0.25) is 4.98 Å². The second-order valence-corrected chi connectivity index (χ2v) is 7.09. The maximum Gasteiger partial charge on any atom is 0.212 e. The molecule has 1 aliphatic rings. The third kappa shape index (κ3) is 4.34.